The van der Waals surface area contributed by atoms with E-state index in [9.17, 15) is 4.79 Å². The second-order valence-electron chi connectivity index (χ2n) is 14.6. The van der Waals surface area contributed by atoms with Crippen LogP contribution in [0.3, 0.4) is 0 Å². The van der Waals surface area contributed by atoms with Crippen LogP contribution in [0.1, 0.15) is 206 Å². The molecule has 0 atom stereocenters. The Labute approximate surface area is 250 Å². The van der Waals surface area contributed by atoms with Gasteiger partial charge in [-0.15, -0.1) is 0 Å². The van der Waals surface area contributed by atoms with Gasteiger partial charge in [0.25, 0.3) is 0 Å². The van der Waals surface area contributed by atoms with Crippen LogP contribution in [0.15, 0.2) is 0 Å². The van der Waals surface area contributed by atoms with Gasteiger partial charge in [-0.25, -0.2) is 0 Å². The molecule has 0 N–H and O–H groups in total. The highest BCUT2D eigenvalue weighted by Crippen LogP contribution is 2.61. The van der Waals surface area contributed by atoms with Crippen molar-refractivity contribution in [2.45, 2.75) is 206 Å². The third-order valence-electron chi connectivity index (χ3n) is 11.9. The summed E-state index contributed by atoms with van der Waals surface area (Å²) >= 11 is 0. The minimum atomic E-state index is -0.189. The summed E-state index contributed by atoms with van der Waals surface area (Å²) in [5, 5.41) is 0. The topological polar surface area (TPSA) is 26.3 Å². The van der Waals surface area contributed by atoms with Crippen LogP contribution in [0, 0.1) is 22.7 Å². The first-order valence-corrected chi connectivity index (χ1v) is 18.8. The summed E-state index contributed by atoms with van der Waals surface area (Å²) in [6, 6.07) is 0. The molecular weight excluding hydrogens is 488 g/mol. The van der Waals surface area contributed by atoms with Crippen molar-refractivity contribution in [3.05, 3.63) is 0 Å². The molecule has 0 aromatic rings. The number of rotatable bonds is 20. The molecule has 0 aromatic carbocycles. The molecule has 3 saturated carbocycles. The van der Waals surface area contributed by atoms with Crippen LogP contribution in [0.2, 0.25) is 0 Å². The molecule has 2 nitrogen and oxygen atoms in total. The summed E-state index contributed by atoms with van der Waals surface area (Å²) in [7, 11) is 0. The van der Waals surface area contributed by atoms with E-state index in [0.29, 0.717) is 6.61 Å². The van der Waals surface area contributed by atoms with Crippen LogP contribution >= 0.6 is 0 Å². The van der Waals surface area contributed by atoms with Crippen LogP contribution in [-0.4, -0.2) is 12.6 Å². The lowest BCUT2D eigenvalue weighted by atomic mass is 9.49. The zero-order chi connectivity index (χ0) is 28.4. The van der Waals surface area contributed by atoms with E-state index in [1.54, 1.807) is 0 Å². The summed E-state index contributed by atoms with van der Waals surface area (Å²) in [6.07, 6.45) is 40.0. The Hall–Kier alpha value is -0.530. The molecular formula is C38H70O2. The molecule has 3 aliphatic carbocycles. The van der Waals surface area contributed by atoms with Crippen molar-refractivity contribution in [2.24, 2.45) is 22.7 Å². The van der Waals surface area contributed by atoms with Crippen LogP contribution < -0.4 is 0 Å². The van der Waals surface area contributed by atoms with E-state index in [1.165, 1.54) is 173 Å². The number of unbranched alkanes of at least 4 members (excludes halogenated alkanes) is 13. The van der Waals surface area contributed by atoms with E-state index in [2.05, 4.69) is 13.8 Å². The highest BCUT2D eigenvalue weighted by Gasteiger charge is 2.57. The summed E-state index contributed by atoms with van der Waals surface area (Å²) in [6.45, 7) is 5.25. The highest BCUT2D eigenvalue weighted by molar-refractivity contribution is 5.78. The first-order chi connectivity index (χ1) is 19.7. The molecule has 0 aliphatic heterocycles. The van der Waals surface area contributed by atoms with Crippen LogP contribution in [0.5, 0.6) is 0 Å². The summed E-state index contributed by atoms with van der Waals surface area (Å²) in [4.78, 5) is 14.2. The first-order valence-electron chi connectivity index (χ1n) is 18.8. The molecule has 234 valence electrons. The van der Waals surface area contributed by atoms with Gasteiger partial charge in [-0.05, 0) is 68.6 Å². The zero-order valence-corrected chi connectivity index (χ0v) is 27.4. The number of carbonyl (C=O) groups excluding carboxylic acids is 1. The fraction of sp³-hybridized carbons (Fsp3) is 0.974. The van der Waals surface area contributed by atoms with Crippen molar-refractivity contribution >= 4 is 5.97 Å². The number of hydrogen-bond donors (Lipinski definition) is 0. The maximum absolute atomic E-state index is 14.2. The van der Waals surface area contributed by atoms with Crippen molar-refractivity contribution in [2.75, 3.05) is 6.61 Å². The Morgan fingerprint density at radius 1 is 0.550 bits per heavy atom. The fourth-order valence-corrected chi connectivity index (χ4v) is 9.30. The average Bonchev–Trinajstić information content (AvgIpc) is 3.00. The predicted molar refractivity (Wildman–Crippen MR) is 173 cm³/mol. The molecule has 0 bridgehead atoms. The molecule has 3 aliphatic rings. The van der Waals surface area contributed by atoms with Gasteiger partial charge in [0.05, 0.1) is 12.0 Å². The lowest BCUT2D eigenvalue weighted by molar-refractivity contribution is -0.175. The second-order valence-corrected chi connectivity index (χ2v) is 14.6. The van der Waals surface area contributed by atoms with Gasteiger partial charge in [0.2, 0.25) is 0 Å². The van der Waals surface area contributed by atoms with Gasteiger partial charge in [0.15, 0.2) is 0 Å². The van der Waals surface area contributed by atoms with Crippen LogP contribution in [0.25, 0.3) is 0 Å². The Kier molecular flexibility index (Phi) is 16.7. The van der Waals surface area contributed by atoms with E-state index in [1.807, 2.05) is 0 Å². The minimum absolute atomic E-state index is 0.189. The predicted octanol–water partition coefficient (Wildman–Crippen LogP) is 12.5. The Balaban J connectivity index is 1.60. The van der Waals surface area contributed by atoms with E-state index in [0.717, 1.165) is 31.1 Å². The van der Waals surface area contributed by atoms with Gasteiger partial charge < -0.3 is 4.74 Å². The lowest BCUT2D eigenvalue weighted by Crippen LogP contribution is -2.52. The fourth-order valence-electron chi connectivity index (χ4n) is 9.30. The van der Waals surface area contributed by atoms with Crippen molar-refractivity contribution in [3.8, 4) is 0 Å². The number of hydrogen-bond acceptors (Lipinski definition) is 2. The van der Waals surface area contributed by atoms with Crippen molar-refractivity contribution in [1.29, 1.82) is 0 Å². The maximum Gasteiger partial charge on any atom is 0.312 e. The first kappa shape index (κ1) is 34.0. The van der Waals surface area contributed by atoms with Gasteiger partial charge >= 0.3 is 5.97 Å². The molecule has 0 saturated heterocycles. The van der Waals surface area contributed by atoms with Crippen LogP contribution in [-0.2, 0) is 9.53 Å². The van der Waals surface area contributed by atoms with Gasteiger partial charge in [-0.2, -0.15) is 0 Å². The lowest BCUT2D eigenvalue weighted by Gasteiger charge is -2.55. The van der Waals surface area contributed by atoms with Crippen molar-refractivity contribution in [3.63, 3.8) is 0 Å². The molecule has 0 aromatic heterocycles. The van der Waals surface area contributed by atoms with Crippen molar-refractivity contribution < 1.29 is 9.53 Å². The summed E-state index contributed by atoms with van der Waals surface area (Å²) in [5.41, 5.74) is 0.0169. The Morgan fingerprint density at radius 3 is 1.60 bits per heavy atom. The number of esters is 1. The van der Waals surface area contributed by atoms with Gasteiger partial charge in [0.1, 0.15) is 0 Å². The Morgan fingerprint density at radius 2 is 1.02 bits per heavy atom. The van der Waals surface area contributed by atoms with Gasteiger partial charge in [-0.3, -0.25) is 4.79 Å². The molecule has 0 amide bonds. The van der Waals surface area contributed by atoms with E-state index in [-0.39, 0.29) is 16.8 Å². The van der Waals surface area contributed by atoms with Crippen LogP contribution in [0.4, 0.5) is 0 Å². The third kappa shape index (κ3) is 10.3. The Bertz CT molecular complexity index is 634. The normalized spacial score (nSPS) is 25.6. The summed E-state index contributed by atoms with van der Waals surface area (Å²) in [5.74, 6) is 2.13. The average molecular weight is 559 g/mol. The molecule has 40 heavy (non-hydrogen) atoms. The SMILES string of the molecule is CCCCCCCCCCC1(C2(C(=O)OCCCCCCCCC)CCCCC2)CCC(C2CCCCC2)CC1. The molecule has 0 unspecified atom stereocenters. The van der Waals surface area contributed by atoms with E-state index >= 15 is 0 Å². The molecule has 0 spiro atoms. The molecule has 3 fully saturated rings. The smallest absolute Gasteiger partial charge is 0.312 e. The minimum Gasteiger partial charge on any atom is -0.465 e. The zero-order valence-electron chi connectivity index (χ0n) is 27.4. The molecule has 0 heterocycles. The van der Waals surface area contributed by atoms with Gasteiger partial charge in [0, 0.05) is 0 Å². The molecule has 2 heteroatoms. The summed E-state index contributed by atoms with van der Waals surface area (Å²) < 4.78 is 6.28. The standard InChI is InChI=1S/C38H70O2/c1-3-5-7-9-11-12-14-20-28-37(31-26-35(27-32-37)34-24-18-16-19-25-34)38(29-21-17-22-30-38)36(39)40-33-23-15-13-10-8-6-4-2/h34-35H,3-33H2,1-2H3. The number of ether oxygens (including phenoxy) is 1. The van der Waals surface area contributed by atoms with E-state index in [4.69, 9.17) is 4.74 Å². The second kappa shape index (κ2) is 19.6. The largest absolute Gasteiger partial charge is 0.465 e. The molecule has 3 rings (SSSR count). The monoisotopic (exact) mass is 559 g/mol. The van der Waals surface area contributed by atoms with Gasteiger partial charge in [-0.1, -0.05) is 155 Å². The van der Waals surface area contributed by atoms with E-state index < -0.39 is 0 Å². The number of carbonyl (C=O) groups is 1. The maximum atomic E-state index is 14.2. The third-order valence-corrected chi connectivity index (χ3v) is 11.9. The highest BCUT2D eigenvalue weighted by atomic mass is 16.5. The quantitative estimate of drug-likeness (QED) is 0.110. The molecule has 0 radical (unpaired) electrons. The van der Waals surface area contributed by atoms with Crippen molar-refractivity contribution in [1.82, 2.24) is 0 Å².